The Kier molecular flexibility index (Phi) is 6.59. The Hall–Kier alpha value is -2.38. The predicted molar refractivity (Wildman–Crippen MR) is 103 cm³/mol. The number of carbonyl (C=O) groups excluding carboxylic acids is 1. The van der Waals surface area contributed by atoms with Crippen molar-refractivity contribution in [1.29, 1.82) is 0 Å². The van der Waals surface area contributed by atoms with E-state index in [1.165, 1.54) is 19.0 Å². The van der Waals surface area contributed by atoms with E-state index in [1.54, 1.807) is 0 Å². The lowest BCUT2D eigenvalue weighted by atomic mass is 9.56. The van der Waals surface area contributed by atoms with Gasteiger partial charge in [0.05, 0.1) is 18.9 Å². The standard InChI is InChI=1S/C21H29FN2O5/c1-14(2)29-20(27)24-7-5-21(6-8-24)11-15(12-21)4-3-9-28-16-10-17(22)18(19(25)26)23-13-16/h10,13-15H,3-9,11-12H2,1-2H3,(H,25,26). The molecule has 1 aromatic heterocycles. The zero-order chi connectivity index (χ0) is 21.0. The number of amides is 1. The van der Waals surface area contributed by atoms with Gasteiger partial charge in [0.25, 0.3) is 0 Å². The number of rotatable bonds is 7. The third-order valence-electron chi connectivity index (χ3n) is 5.91. The number of ether oxygens (including phenoxy) is 2. The molecule has 1 aromatic rings. The summed E-state index contributed by atoms with van der Waals surface area (Å²) in [5.41, 5.74) is -0.222. The quantitative estimate of drug-likeness (QED) is 0.683. The molecule has 1 aliphatic heterocycles. The summed E-state index contributed by atoms with van der Waals surface area (Å²) in [7, 11) is 0. The summed E-state index contributed by atoms with van der Waals surface area (Å²) in [5.74, 6) is -1.37. The molecule has 0 unspecified atom stereocenters. The number of aromatic nitrogens is 1. The summed E-state index contributed by atoms with van der Waals surface area (Å²) in [6.45, 7) is 5.72. The average molecular weight is 408 g/mol. The minimum Gasteiger partial charge on any atom is -0.492 e. The maximum absolute atomic E-state index is 13.6. The minimum absolute atomic E-state index is 0.0870. The van der Waals surface area contributed by atoms with Crippen LogP contribution in [0.5, 0.6) is 5.75 Å². The number of piperidine rings is 1. The van der Waals surface area contributed by atoms with Gasteiger partial charge in [0, 0.05) is 19.2 Å². The van der Waals surface area contributed by atoms with Crippen molar-refractivity contribution < 1.29 is 28.6 Å². The van der Waals surface area contributed by atoms with Gasteiger partial charge in [0.1, 0.15) is 5.75 Å². The molecule has 0 bridgehead atoms. The molecular formula is C21H29FN2O5. The molecule has 0 radical (unpaired) electrons. The number of carbonyl (C=O) groups is 2. The Morgan fingerprint density at radius 3 is 2.62 bits per heavy atom. The molecule has 1 spiro atoms. The molecule has 1 aliphatic carbocycles. The second-order valence-corrected chi connectivity index (χ2v) is 8.49. The first-order chi connectivity index (χ1) is 13.8. The van der Waals surface area contributed by atoms with Crippen LogP contribution >= 0.6 is 0 Å². The zero-order valence-corrected chi connectivity index (χ0v) is 17.0. The van der Waals surface area contributed by atoms with E-state index in [-0.39, 0.29) is 17.9 Å². The van der Waals surface area contributed by atoms with Crippen molar-refractivity contribution >= 4 is 12.1 Å². The van der Waals surface area contributed by atoms with Gasteiger partial charge in [-0.2, -0.15) is 0 Å². The first kappa shape index (κ1) is 21.3. The van der Waals surface area contributed by atoms with E-state index in [4.69, 9.17) is 14.6 Å². The lowest BCUT2D eigenvalue weighted by molar-refractivity contribution is -0.0204. The highest BCUT2D eigenvalue weighted by Crippen LogP contribution is 2.54. The van der Waals surface area contributed by atoms with Gasteiger partial charge >= 0.3 is 12.1 Å². The molecule has 3 rings (SSSR count). The Bertz CT molecular complexity index is 739. The van der Waals surface area contributed by atoms with Crippen LogP contribution in [0.3, 0.4) is 0 Å². The van der Waals surface area contributed by atoms with Crippen molar-refractivity contribution in [2.24, 2.45) is 11.3 Å². The van der Waals surface area contributed by atoms with E-state index in [0.29, 0.717) is 17.9 Å². The van der Waals surface area contributed by atoms with E-state index in [2.05, 4.69) is 4.98 Å². The van der Waals surface area contributed by atoms with Crippen LogP contribution in [-0.2, 0) is 4.74 Å². The molecule has 7 nitrogen and oxygen atoms in total. The van der Waals surface area contributed by atoms with Crippen LogP contribution in [0.15, 0.2) is 12.3 Å². The lowest BCUT2D eigenvalue weighted by Gasteiger charge is -2.52. The highest BCUT2D eigenvalue weighted by molar-refractivity contribution is 5.85. The summed E-state index contributed by atoms with van der Waals surface area (Å²) in [4.78, 5) is 28.1. The van der Waals surface area contributed by atoms with Crippen molar-refractivity contribution in [3.8, 4) is 5.75 Å². The fraction of sp³-hybridized carbons (Fsp3) is 0.667. The van der Waals surface area contributed by atoms with Crippen LogP contribution in [-0.4, -0.2) is 52.9 Å². The van der Waals surface area contributed by atoms with Gasteiger partial charge < -0.3 is 19.5 Å². The highest BCUT2D eigenvalue weighted by Gasteiger charge is 2.46. The second-order valence-electron chi connectivity index (χ2n) is 8.49. The van der Waals surface area contributed by atoms with Gasteiger partial charge in [-0.15, -0.1) is 0 Å². The van der Waals surface area contributed by atoms with Crippen LogP contribution in [0.25, 0.3) is 0 Å². The SMILES string of the molecule is CC(C)OC(=O)N1CCC2(CC1)CC(CCCOc1cnc(C(=O)O)c(F)c1)C2. The summed E-state index contributed by atoms with van der Waals surface area (Å²) >= 11 is 0. The first-order valence-electron chi connectivity index (χ1n) is 10.3. The molecular weight excluding hydrogens is 379 g/mol. The minimum atomic E-state index is -1.39. The topological polar surface area (TPSA) is 89.0 Å². The van der Waals surface area contributed by atoms with E-state index >= 15 is 0 Å². The van der Waals surface area contributed by atoms with Crippen LogP contribution in [0.4, 0.5) is 9.18 Å². The lowest BCUT2D eigenvalue weighted by Crippen LogP contribution is -2.49. The highest BCUT2D eigenvalue weighted by atomic mass is 19.1. The maximum Gasteiger partial charge on any atom is 0.410 e. The molecule has 29 heavy (non-hydrogen) atoms. The number of hydrogen-bond donors (Lipinski definition) is 1. The number of hydrogen-bond acceptors (Lipinski definition) is 5. The average Bonchev–Trinajstić information content (AvgIpc) is 2.63. The number of likely N-dealkylation sites (tertiary alicyclic amines) is 1. The smallest absolute Gasteiger partial charge is 0.410 e. The number of carboxylic acid groups (broad SMARTS) is 1. The first-order valence-corrected chi connectivity index (χ1v) is 10.3. The van der Waals surface area contributed by atoms with Crippen molar-refractivity contribution in [2.45, 2.75) is 58.5 Å². The van der Waals surface area contributed by atoms with Gasteiger partial charge in [-0.05, 0) is 63.7 Å². The van der Waals surface area contributed by atoms with Gasteiger partial charge in [-0.3, -0.25) is 0 Å². The molecule has 0 aromatic carbocycles. The molecule has 8 heteroatoms. The van der Waals surface area contributed by atoms with Crippen LogP contribution < -0.4 is 4.74 Å². The molecule has 1 saturated carbocycles. The summed E-state index contributed by atoms with van der Waals surface area (Å²) in [6.07, 6.45) is 7.29. The van der Waals surface area contributed by atoms with E-state index in [9.17, 15) is 14.0 Å². The maximum atomic E-state index is 13.6. The molecule has 160 valence electrons. The predicted octanol–water partition coefficient (Wildman–Crippen LogP) is 4.12. The fourth-order valence-corrected chi connectivity index (χ4v) is 4.44. The molecule has 1 amide bonds. The van der Waals surface area contributed by atoms with E-state index in [1.807, 2.05) is 18.7 Å². The fourth-order valence-electron chi connectivity index (χ4n) is 4.44. The zero-order valence-electron chi connectivity index (χ0n) is 17.0. The van der Waals surface area contributed by atoms with Gasteiger partial charge in [-0.1, -0.05) is 0 Å². The van der Waals surface area contributed by atoms with Crippen molar-refractivity contribution in [2.75, 3.05) is 19.7 Å². The van der Waals surface area contributed by atoms with Crippen LogP contribution in [0.2, 0.25) is 0 Å². The third kappa shape index (κ3) is 5.36. The number of aromatic carboxylic acids is 1. The summed E-state index contributed by atoms with van der Waals surface area (Å²) in [5, 5.41) is 8.78. The van der Waals surface area contributed by atoms with E-state index in [0.717, 1.165) is 44.8 Å². The normalized spacial score (nSPS) is 18.6. The third-order valence-corrected chi connectivity index (χ3v) is 5.91. The molecule has 1 saturated heterocycles. The second kappa shape index (κ2) is 8.97. The number of nitrogens with zero attached hydrogens (tertiary/aromatic N) is 2. The number of pyridine rings is 1. The van der Waals surface area contributed by atoms with Gasteiger partial charge in [-0.25, -0.2) is 19.0 Å². The Morgan fingerprint density at radius 1 is 1.34 bits per heavy atom. The van der Waals surface area contributed by atoms with Crippen molar-refractivity contribution in [3.63, 3.8) is 0 Å². The Morgan fingerprint density at radius 2 is 2.03 bits per heavy atom. The Balaban J connectivity index is 1.32. The molecule has 0 atom stereocenters. The molecule has 2 aliphatic rings. The van der Waals surface area contributed by atoms with Crippen molar-refractivity contribution in [3.05, 3.63) is 23.8 Å². The number of halogens is 1. The largest absolute Gasteiger partial charge is 0.492 e. The Labute approximate surface area is 170 Å². The monoisotopic (exact) mass is 408 g/mol. The van der Waals surface area contributed by atoms with Gasteiger partial charge in [0.2, 0.25) is 0 Å². The molecule has 1 N–H and O–H groups in total. The van der Waals surface area contributed by atoms with E-state index < -0.39 is 17.5 Å². The summed E-state index contributed by atoms with van der Waals surface area (Å²) < 4.78 is 24.4. The summed E-state index contributed by atoms with van der Waals surface area (Å²) in [6, 6.07) is 1.06. The van der Waals surface area contributed by atoms with Crippen LogP contribution in [0.1, 0.15) is 62.9 Å². The van der Waals surface area contributed by atoms with Crippen LogP contribution in [0, 0.1) is 17.2 Å². The van der Waals surface area contributed by atoms with Gasteiger partial charge in [0.15, 0.2) is 11.5 Å². The number of carboxylic acids is 1. The van der Waals surface area contributed by atoms with Crippen molar-refractivity contribution in [1.82, 2.24) is 9.88 Å². The molecule has 2 fully saturated rings. The molecule has 2 heterocycles.